The monoisotopic (exact) mass is 700 g/mol. The van der Waals surface area contributed by atoms with Crippen molar-refractivity contribution in [3.63, 3.8) is 0 Å². The number of aromatic nitrogens is 2. The van der Waals surface area contributed by atoms with E-state index in [1.807, 2.05) is 0 Å². The first-order chi connectivity index (χ1) is 27.3. The molecule has 0 atom stereocenters. The summed E-state index contributed by atoms with van der Waals surface area (Å²) in [6, 6.07) is 71.5. The number of nitrogens with zero attached hydrogens (tertiary/aromatic N) is 4. The molecule has 2 aliphatic rings. The Morgan fingerprint density at radius 1 is 0.364 bits per heavy atom. The molecule has 2 aliphatic heterocycles. The van der Waals surface area contributed by atoms with Crippen LogP contribution >= 0.6 is 0 Å². The highest BCUT2D eigenvalue weighted by atomic mass is 15.3. The van der Waals surface area contributed by atoms with E-state index in [0.29, 0.717) is 5.95 Å². The third-order valence-corrected chi connectivity index (χ3v) is 11.0. The van der Waals surface area contributed by atoms with Crippen molar-refractivity contribution in [2.75, 3.05) is 9.62 Å². The van der Waals surface area contributed by atoms with Gasteiger partial charge in [0.05, 0.1) is 11.2 Å². The number of anilines is 4. The zero-order valence-corrected chi connectivity index (χ0v) is 29.9. The van der Waals surface area contributed by atoms with Crippen molar-refractivity contribution >= 4 is 46.4 Å². The lowest BCUT2D eigenvalue weighted by molar-refractivity contribution is 1.13. The highest BCUT2D eigenvalue weighted by Crippen LogP contribution is 2.50. The Hall–Kier alpha value is -7.24. The molecule has 0 bridgehead atoms. The van der Waals surface area contributed by atoms with E-state index in [0.717, 1.165) is 44.8 Å². The first-order valence-corrected chi connectivity index (χ1v) is 18.8. The molecule has 256 valence electrons. The van der Waals surface area contributed by atoms with Crippen molar-refractivity contribution in [2.24, 2.45) is 0 Å². The van der Waals surface area contributed by atoms with Crippen LogP contribution in [0.2, 0.25) is 0 Å². The average molecular weight is 701 g/mol. The van der Waals surface area contributed by atoms with E-state index in [9.17, 15) is 0 Å². The summed E-state index contributed by atoms with van der Waals surface area (Å²) in [5.41, 5.74) is 16.9. The van der Waals surface area contributed by atoms with Gasteiger partial charge >= 0.3 is 6.98 Å². The Kier molecular flexibility index (Phi) is 7.24. The minimum atomic E-state index is -0.288. The molecule has 5 heteroatoms. The number of fused-ring (bicyclic) bond motifs is 5. The number of hydrogen-bond donors (Lipinski definition) is 0. The largest absolute Gasteiger partial charge is 0.424 e. The minimum Gasteiger partial charge on any atom is -0.361 e. The van der Waals surface area contributed by atoms with Crippen molar-refractivity contribution in [3.05, 3.63) is 200 Å². The molecule has 0 unspecified atom stereocenters. The summed E-state index contributed by atoms with van der Waals surface area (Å²) in [6.45, 7) is -0.288. The topological polar surface area (TPSA) is 32.3 Å². The predicted octanol–water partition coefficient (Wildman–Crippen LogP) is 12.0. The van der Waals surface area contributed by atoms with Gasteiger partial charge in [-0.1, -0.05) is 158 Å². The molecule has 8 aromatic carbocycles. The summed E-state index contributed by atoms with van der Waals surface area (Å²) >= 11 is 0. The van der Waals surface area contributed by atoms with Gasteiger partial charge in [0.1, 0.15) is 0 Å². The Balaban J connectivity index is 1.24. The standard InChI is InChI=1S/C50H33BN4/c1-5-16-34(17-6-1)37-28-30-46-43(32-37)40-25-15-26-41-44-33-38(35-18-7-2-8-19-35)29-31-47(44)55(51(48(40)41)54(46)39-22-11-4-12-23-39)50-52-45-27-14-13-24-42(45)49(53-50)36-20-9-3-10-21-36/h1-33H. The number of rotatable bonds is 5. The van der Waals surface area contributed by atoms with E-state index < -0.39 is 0 Å². The molecule has 0 fully saturated rings. The normalized spacial score (nSPS) is 12.6. The zero-order chi connectivity index (χ0) is 36.3. The SMILES string of the molecule is c1ccc(-c2ccc3c(c2)-c2cccc4c2B(N3c2ccccc2)N(c2nc(-c3ccccc3)c3ccccc3n2)c2ccc(-c3ccccc3)cc2-4)cc1. The van der Waals surface area contributed by atoms with E-state index >= 15 is 0 Å². The molecule has 0 aliphatic carbocycles. The molecule has 0 radical (unpaired) electrons. The maximum atomic E-state index is 5.53. The van der Waals surface area contributed by atoms with E-state index in [1.165, 1.54) is 44.4 Å². The van der Waals surface area contributed by atoms with Gasteiger partial charge in [-0.2, -0.15) is 0 Å². The van der Waals surface area contributed by atoms with E-state index in [2.05, 4.69) is 210 Å². The second-order valence-corrected chi connectivity index (χ2v) is 14.2. The average Bonchev–Trinajstić information content (AvgIpc) is 3.27. The van der Waals surface area contributed by atoms with Crippen LogP contribution in [0.15, 0.2) is 200 Å². The number of hydrogen-bond acceptors (Lipinski definition) is 4. The van der Waals surface area contributed by atoms with Crippen LogP contribution in [0.4, 0.5) is 23.0 Å². The van der Waals surface area contributed by atoms with Crippen molar-refractivity contribution < 1.29 is 0 Å². The Morgan fingerprint density at radius 2 is 0.873 bits per heavy atom. The van der Waals surface area contributed by atoms with Gasteiger partial charge in [0, 0.05) is 39.1 Å². The summed E-state index contributed by atoms with van der Waals surface area (Å²) in [6.07, 6.45) is 0. The lowest BCUT2D eigenvalue weighted by atomic mass is 9.53. The van der Waals surface area contributed by atoms with Gasteiger partial charge < -0.3 is 9.62 Å². The van der Waals surface area contributed by atoms with Crippen LogP contribution in [-0.4, -0.2) is 17.0 Å². The number of benzene rings is 8. The quantitative estimate of drug-likeness (QED) is 0.167. The molecule has 0 saturated heterocycles. The molecule has 0 N–H and O–H groups in total. The third kappa shape index (κ3) is 5.08. The molecule has 3 heterocycles. The molecule has 1 aromatic heterocycles. The molecule has 11 rings (SSSR count). The van der Waals surface area contributed by atoms with Crippen LogP contribution in [0.5, 0.6) is 0 Å². The fourth-order valence-electron chi connectivity index (χ4n) is 8.57. The van der Waals surface area contributed by atoms with Crippen LogP contribution in [-0.2, 0) is 0 Å². The highest BCUT2D eigenvalue weighted by Gasteiger charge is 2.48. The predicted molar refractivity (Wildman–Crippen MR) is 229 cm³/mol. The molecule has 4 nitrogen and oxygen atoms in total. The first kappa shape index (κ1) is 31.3. The van der Waals surface area contributed by atoms with Crippen molar-refractivity contribution in [3.8, 4) is 55.8 Å². The Labute approximate surface area is 320 Å². The Morgan fingerprint density at radius 3 is 1.47 bits per heavy atom. The summed E-state index contributed by atoms with van der Waals surface area (Å²) in [4.78, 5) is 15.8. The van der Waals surface area contributed by atoms with Crippen LogP contribution in [0, 0.1) is 0 Å². The van der Waals surface area contributed by atoms with Crippen LogP contribution in [0.25, 0.3) is 66.7 Å². The molecule has 0 spiro atoms. The molecule has 55 heavy (non-hydrogen) atoms. The van der Waals surface area contributed by atoms with Crippen molar-refractivity contribution in [1.29, 1.82) is 0 Å². The van der Waals surface area contributed by atoms with Crippen LogP contribution < -0.4 is 15.1 Å². The third-order valence-electron chi connectivity index (χ3n) is 11.0. The van der Waals surface area contributed by atoms with Gasteiger partial charge in [-0.05, 0) is 81.3 Å². The molecule has 9 aromatic rings. The van der Waals surface area contributed by atoms with Crippen LogP contribution in [0.3, 0.4) is 0 Å². The maximum absolute atomic E-state index is 5.53. The molecule has 0 saturated carbocycles. The lowest BCUT2D eigenvalue weighted by Gasteiger charge is -2.47. The molecular formula is C50H33BN4. The summed E-state index contributed by atoms with van der Waals surface area (Å²) in [5.74, 6) is 0.655. The fraction of sp³-hybridized carbons (Fsp3) is 0. The zero-order valence-electron chi connectivity index (χ0n) is 29.9. The van der Waals surface area contributed by atoms with Gasteiger partial charge in [0.15, 0.2) is 0 Å². The fourth-order valence-corrected chi connectivity index (χ4v) is 8.57. The summed E-state index contributed by atoms with van der Waals surface area (Å²) in [5, 5.41) is 1.03. The van der Waals surface area contributed by atoms with Gasteiger partial charge in [0.2, 0.25) is 5.95 Å². The summed E-state index contributed by atoms with van der Waals surface area (Å²) < 4.78 is 0. The summed E-state index contributed by atoms with van der Waals surface area (Å²) in [7, 11) is 0. The van der Waals surface area contributed by atoms with Gasteiger partial charge in [-0.15, -0.1) is 0 Å². The smallest absolute Gasteiger partial charge is 0.361 e. The minimum absolute atomic E-state index is 0.288. The van der Waals surface area contributed by atoms with E-state index in [4.69, 9.17) is 9.97 Å². The van der Waals surface area contributed by atoms with E-state index in [1.54, 1.807) is 0 Å². The van der Waals surface area contributed by atoms with Gasteiger partial charge in [0.25, 0.3) is 0 Å². The maximum Gasteiger partial charge on any atom is 0.424 e. The lowest BCUT2D eigenvalue weighted by Crippen LogP contribution is -2.62. The van der Waals surface area contributed by atoms with Gasteiger partial charge in [-0.3, -0.25) is 0 Å². The second-order valence-electron chi connectivity index (χ2n) is 14.2. The second kappa shape index (κ2) is 12.7. The first-order valence-electron chi connectivity index (χ1n) is 18.8. The van der Waals surface area contributed by atoms with Crippen molar-refractivity contribution in [2.45, 2.75) is 0 Å². The Bertz CT molecular complexity index is 2870. The van der Waals surface area contributed by atoms with Gasteiger partial charge in [-0.25, -0.2) is 9.97 Å². The van der Waals surface area contributed by atoms with Crippen LogP contribution in [0.1, 0.15) is 0 Å². The highest BCUT2D eigenvalue weighted by molar-refractivity contribution is 6.86. The molecule has 0 amide bonds. The number of para-hydroxylation sites is 2. The van der Waals surface area contributed by atoms with E-state index in [-0.39, 0.29) is 6.98 Å². The molecular weight excluding hydrogens is 667 g/mol. The van der Waals surface area contributed by atoms with Crippen molar-refractivity contribution in [1.82, 2.24) is 9.97 Å².